The third kappa shape index (κ3) is 4.71. The molecule has 27 heavy (non-hydrogen) atoms. The second kappa shape index (κ2) is 7.59. The second-order valence-electron chi connectivity index (χ2n) is 6.16. The molecule has 4 N–H and O–H groups in total. The van der Waals surface area contributed by atoms with Crippen molar-refractivity contribution in [2.75, 3.05) is 0 Å². The molecule has 2 aromatic carbocycles. The van der Waals surface area contributed by atoms with E-state index in [4.69, 9.17) is 21.4 Å². The summed E-state index contributed by atoms with van der Waals surface area (Å²) >= 11 is 5.72. The first kappa shape index (κ1) is 20.1. The van der Waals surface area contributed by atoms with Crippen LogP contribution in [0.3, 0.4) is 0 Å². The van der Waals surface area contributed by atoms with E-state index in [1.807, 2.05) is 0 Å². The number of ketones is 1. The molecule has 0 spiro atoms. The lowest BCUT2D eigenvalue weighted by atomic mass is 10.1. The predicted molar refractivity (Wildman–Crippen MR) is 98.6 cm³/mol. The molecule has 0 saturated heterocycles. The van der Waals surface area contributed by atoms with E-state index in [1.54, 1.807) is 0 Å². The fraction of sp³-hybridized carbons (Fsp3) is 0.158. The lowest BCUT2D eigenvalue weighted by molar-refractivity contribution is -0.152. The van der Waals surface area contributed by atoms with Crippen LogP contribution in [0.15, 0.2) is 36.4 Å². The van der Waals surface area contributed by atoms with Gasteiger partial charge in [0.1, 0.15) is 5.75 Å². The van der Waals surface area contributed by atoms with E-state index in [0.717, 1.165) is 6.08 Å². The number of aliphatic carboxylic acids is 1. The predicted octanol–water partition coefficient (Wildman–Crippen LogP) is 3.59. The number of carbonyl (C=O) groups is 2. The molecule has 0 heterocycles. The summed E-state index contributed by atoms with van der Waals surface area (Å²) in [6.07, 6.45) is 2.46. The third-order valence-corrected chi connectivity index (χ3v) is 3.84. The van der Waals surface area contributed by atoms with Gasteiger partial charge in [-0.15, -0.1) is 0 Å². The molecule has 2 aromatic rings. The molecule has 0 aliphatic carbocycles. The molecule has 8 heteroatoms. The first-order chi connectivity index (χ1) is 12.5. The molecule has 2 rings (SSSR count). The lowest BCUT2D eigenvalue weighted by Crippen LogP contribution is -2.37. The monoisotopic (exact) mass is 392 g/mol. The van der Waals surface area contributed by atoms with Gasteiger partial charge in [-0.2, -0.15) is 0 Å². The summed E-state index contributed by atoms with van der Waals surface area (Å²) in [5.74, 6) is -3.50. The van der Waals surface area contributed by atoms with Gasteiger partial charge in [0.2, 0.25) is 5.75 Å². The molecule has 0 aliphatic rings. The fourth-order valence-electron chi connectivity index (χ4n) is 2.08. The summed E-state index contributed by atoms with van der Waals surface area (Å²) in [7, 11) is 0. The first-order valence-electron chi connectivity index (χ1n) is 7.70. The van der Waals surface area contributed by atoms with Gasteiger partial charge in [-0.1, -0.05) is 17.7 Å². The fourth-order valence-corrected chi connectivity index (χ4v) is 2.25. The number of carboxylic acids is 1. The smallest absolute Gasteiger partial charge is 0.347 e. The van der Waals surface area contributed by atoms with Crippen LogP contribution >= 0.6 is 11.6 Å². The van der Waals surface area contributed by atoms with Crippen molar-refractivity contribution in [3.05, 3.63) is 52.6 Å². The average molecular weight is 393 g/mol. The molecule has 142 valence electrons. The number of aromatic hydroxyl groups is 3. The largest absolute Gasteiger partial charge is 0.507 e. The Balaban J connectivity index is 2.32. The Morgan fingerprint density at radius 1 is 1.07 bits per heavy atom. The maximum Gasteiger partial charge on any atom is 0.347 e. The van der Waals surface area contributed by atoms with Crippen molar-refractivity contribution in [1.29, 1.82) is 0 Å². The zero-order valence-electron chi connectivity index (χ0n) is 14.4. The van der Waals surface area contributed by atoms with Crippen molar-refractivity contribution < 1.29 is 34.8 Å². The molecule has 0 radical (unpaired) electrons. The maximum absolute atomic E-state index is 12.2. The van der Waals surface area contributed by atoms with Crippen molar-refractivity contribution in [1.82, 2.24) is 0 Å². The topological polar surface area (TPSA) is 124 Å². The van der Waals surface area contributed by atoms with Gasteiger partial charge in [0.15, 0.2) is 22.9 Å². The molecule has 0 unspecified atom stereocenters. The highest BCUT2D eigenvalue weighted by molar-refractivity contribution is 6.31. The van der Waals surface area contributed by atoms with Crippen LogP contribution in [0.4, 0.5) is 0 Å². The highest BCUT2D eigenvalue weighted by Crippen LogP contribution is 2.38. The standard InChI is InChI=1S/C19H17ClO7/c1-19(2,18(25)26)27-16-8-10(7-15(23)17(16)24)3-6-13(21)12-5-4-11(20)9-14(12)22/h3-9,22-24H,1-2H3,(H,25,26)/b6-3+. The summed E-state index contributed by atoms with van der Waals surface area (Å²) in [6.45, 7) is 2.56. The minimum absolute atomic E-state index is 0.0298. The van der Waals surface area contributed by atoms with Gasteiger partial charge in [0.25, 0.3) is 0 Å². The highest BCUT2D eigenvalue weighted by atomic mass is 35.5. The normalized spacial score (nSPS) is 11.5. The Bertz CT molecular complexity index is 932. The van der Waals surface area contributed by atoms with Gasteiger partial charge in [0, 0.05) is 5.02 Å². The SMILES string of the molecule is CC(C)(Oc1cc(/C=C/C(=O)c2ccc(Cl)cc2O)cc(O)c1O)C(=O)O. The number of hydrogen-bond donors (Lipinski definition) is 4. The number of phenolic OH excluding ortho intramolecular Hbond substituents is 3. The van der Waals surface area contributed by atoms with Crippen molar-refractivity contribution in [3.63, 3.8) is 0 Å². The van der Waals surface area contributed by atoms with E-state index < -0.39 is 28.9 Å². The van der Waals surface area contributed by atoms with E-state index in [2.05, 4.69) is 0 Å². The first-order valence-corrected chi connectivity index (χ1v) is 8.08. The molecule has 0 aromatic heterocycles. The zero-order chi connectivity index (χ0) is 20.4. The Kier molecular flexibility index (Phi) is 5.66. The molecule has 0 bridgehead atoms. The van der Waals surface area contributed by atoms with Crippen LogP contribution in [-0.2, 0) is 4.79 Å². The number of benzene rings is 2. The molecule has 0 aliphatic heterocycles. The number of rotatable bonds is 6. The quantitative estimate of drug-likeness (QED) is 0.336. The summed E-state index contributed by atoms with van der Waals surface area (Å²) in [4.78, 5) is 23.4. The number of hydrogen-bond acceptors (Lipinski definition) is 6. The number of ether oxygens (including phenoxy) is 1. The van der Waals surface area contributed by atoms with Crippen LogP contribution in [0.25, 0.3) is 6.08 Å². The number of allylic oxidation sites excluding steroid dienone is 1. The molecule has 0 saturated carbocycles. The van der Waals surface area contributed by atoms with E-state index in [1.165, 1.54) is 50.3 Å². The Hall–Kier alpha value is -3.19. The summed E-state index contributed by atoms with van der Waals surface area (Å²) < 4.78 is 5.26. The van der Waals surface area contributed by atoms with Crippen molar-refractivity contribution in [2.45, 2.75) is 19.4 Å². The molecular weight excluding hydrogens is 376 g/mol. The minimum atomic E-state index is -1.66. The number of phenols is 3. The van der Waals surface area contributed by atoms with E-state index in [-0.39, 0.29) is 27.6 Å². The van der Waals surface area contributed by atoms with E-state index >= 15 is 0 Å². The molecule has 7 nitrogen and oxygen atoms in total. The lowest BCUT2D eigenvalue weighted by Gasteiger charge is -2.22. The molecule has 0 atom stereocenters. The van der Waals surface area contributed by atoms with Crippen LogP contribution < -0.4 is 4.74 Å². The third-order valence-electron chi connectivity index (χ3n) is 3.61. The van der Waals surface area contributed by atoms with Crippen molar-refractivity contribution in [3.8, 4) is 23.0 Å². The Labute approximate surface area is 159 Å². The second-order valence-corrected chi connectivity index (χ2v) is 6.60. The maximum atomic E-state index is 12.2. The van der Waals surface area contributed by atoms with Gasteiger partial charge in [-0.25, -0.2) is 4.79 Å². The molecule has 0 amide bonds. The van der Waals surface area contributed by atoms with Crippen LogP contribution in [0.1, 0.15) is 29.8 Å². The van der Waals surface area contributed by atoms with Crippen LogP contribution in [0, 0.1) is 0 Å². The zero-order valence-corrected chi connectivity index (χ0v) is 15.2. The number of carbonyl (C=O) groups excluding carboxylic acids is 1. The molecular formula is C19H17ClO7. The van der Waals surface area contributed by atoms with E-state index in [0.29, 0.717) is 0 Å². The van der Waals surface area contributed by atoms with Gasteiger partial charge in [0.05, 0.1) is 5.56 Å². The minimum Gasteiger partial charge on any atom is -0.507 e. The summed E-state index contributed by atoms with van der Waals surface area (Å²) in [5.41, 5.74) is -1.36. The van der Waals surface area contributed by atoms with Crippen molar-refractivity contribution in [2.24, 2.45) is 0 Å². The van der Waals surface area contributed by atoms with E-state index in [9.17, 15) is 24.9 Å². The summed E-state index contributed by atoms with van der Waals surface area (Å²) in [6, 6.07) is 6.48. The Morgan fingerprint density at radius 3 is 2.33 bits per heavy atom. The van der Waals surface area contributed by atoms with Gasteiger partial charge >= 0.3 is 5.97 Å². The number of halogens is 1. The molecule has 0 fully saturated rings. The van der Waals surface area contributed by atoms with Crippen LogP contribution in [0.2, 0.25) is 5.02 Å². The van der Waals surface area contributed by atoms with Gasteiger partial charge < -0.3 is 25.2 Å². The van der Waals surface area contributed by atoms with Gasteiger partial charge in [-0.3, -0.25) is 4.79 Å². The van der Waals surface area contributed by atoms with Crippen molar-refractivity contribution >= 4 is 29.4 Å². The van der Waals surface area contributed by atoms with Gasteiger partial charge in [-0.05, 0) is 55.8 Å². The number of carboxylic acid groups (broad SMARTS) is 1. The highest BCUT2D eigenvalue weighted by Gasteiger charge is 2.31. The Morgan fingerprint density at radius 2 is 1.74 bits per heavy atom. The summed E-state index contributed by atoms with van der Waals surface area (Å²) in [5, 5.41) is 38.9. The van der Waals surface area contributed by atoms with Crippen LogP contribution in [0.5, 0.6) is 23.0 Å². The van der Waals surface area contributed by atoms with Crippen LogP contribution in [-0.4, -0.2) is 37.8 Å². The average Bonchev–Trinajstić information content (AvgIpc) is 2.56.